The Morgan fingerprint density at radius 1 is 1.41 bits per heavy atom. The second-order valence-electron chi connectivity index (χ2n) is 4.44. The molecule has 0 aromatic heterocycles. The molecule has 17 heavy (non-hydrogen) atoms. The van der Waals surface area contributed by atoms with Gasteiger partial charge in [0.1, 0.15) is 0 Å². The molecule has 0 heterocycles. The van der Waals surface area contributed by atoms with Gasteiger partial charge in [-0.25, -0.2) is 4.79 Å². The van der Waals surface area contributed by atoms with Crippen LogP contribution in [0.15, 0.2) is 12.7 Å². The third-order valence-corrected chi connectivity index (χ3v) is 2.30. The lowest BCUT2D eigenvalue weighted by Crippen LogP contribution is -2.40. The van der Waals surface area contributed by atoms with E-state index in [4.69, 9.17) is 9.47 Å². The molecule has 0 spiro atoms. The van der Waals surface area contributed by atoms with Crippen LogP contribution < -0.4 is 0 Å². The summed E-state index contributed by atoms with van der Waals surface area (Å²) in [6.45, 7) is 10.3. The zero-order valence-corrected chi connectivity index (χ0v) is 11.1. The molecule has 0 rings (SSSR count). The number of ether oxygens (including phenoxy) is 2. The normalized spacial score (nSPS) is 12.7. The highest BCUT2D eigenvalue weighted by Crippen LogP contribution is 2.15. The Bertz CT molecular complexity index is 281. The summed E-state index contributed by atoms with van der Waals surface area (Å²) in [5, 5.41) is 0. The van der Waals surface area contributed by atoms with Crippen molar-refractivity contribution in [2.45, 2.75) is 58.7 Å². The van der Waals surface area contributed by atoms with E-state index < -0.39 is 17.5 Å². The molecule has 0 radical (unpaired) electrons. The van der Waals surface area contributed by atoms with Gasteiger partial charge < -0.3 is 9.47 Å². The van der Waals surface area contributed by atoms with Crippen LogP contribution in [0.25, 0.3) is 0 Å². The predicted octanol–water partition coefficient (Wildman–Crippen LogP) is 2.62. The highest BCUT2D eigenvalue weighted by molar-refractivity contribution is 5.82. The van der Waals surface area contributed by atoms with Gasteiger partial charge in [0.05, 0.1) is 6.10 Å². The Hall–Kier alpha value is -1.32. The van der Waals surface area contributed by atoms with Crippen molar-refractivity contribution < 1.29 is 19.1 Å². The molecule has 98 valence electrons. The van der Waals surface area contributed by atoms with Gasteiger partial charge in [0, 0.05) is 6.42 Å². The van der Waals surface area contributed by atoms with Gasteiger partial charge in [-0.15, -0.1) is 6.58 Å². The zero-order valence-electron chi connectivity index (χ0n) is 11.1. The third kappa shape index (κ3) is 6.09. The van der Waals surface area contributed by atoms with Crippen LogP contribution >= 0.6 is 0 Å². The molecular weight excluding hydrogens is 220 g/mol. The van der Waals surface area contributed by atoms with E-state index in [0.717, 1.165) is 6.42 Å². The number of hydrogen-bond acceptors (Lipinski definition) is 4. The van der Waals surface area contributed by atoms with Crippen LogP contribution in [0.3, 0.4) is 0 Å². The summed E-state index contributed by atoms with van der Waals surface area (Å²) in [5.74, 6) is -0.935. The summed E-state index contributed by atoms with van der Waals surface area (Å²) in [5.41, 5.74) is -1.23. The van der Waals surface area contributed by atoms with E-state index in [1.54, 1.807) is 13.0 Å². The Morgan fingerprint density at radius 3 is 2.47 bits per heavy atom. The van der Waals surface area contributed by atoms with Crippen molar-refractivity contribution in [2.75, 3.05) is 0 Å². The monoisotopic (exact) mass is 242 g/mol. The first kappa shape index (κ1) is 15.7. The summed E-state index contributed by atoms with van der Waals surface area (Å²) < 4.78 is 10.2. The number of rotatable bonds is 7. The summed E-state index contributed by atoms with van der Waals surface area (Å²) in [6.07, 6.45) is 2.95. The lowest BCUT2D eigenvalue weighted by molar-refractivity contribution is -0.181. The van der Waals surface area contributed by atoms with Gasteiger partial charge in [-0.2, -0.15) is 0 Å². The highest BCUT2D eigenvalue weighted by Gasteiger charge is 2.34. The predicted molar refractivity (Wildman–Crippen MR) is 65.4 cm³/mol. The van der Waals surface area contributed by atoms with Gasteiger partial charge in [0.25, 0.3) is 0 Å². The summed E-state index contributed by atoms with van der Waals surface area (Å²) in [7, 11) is 0. The van der Waals surface area contributed by atoms with E-state index in [1.165, 1.54) is 13.8 Å². The topological polar surface area (TPSA) is 52.6 Å². The summed E-state index contributed by atoms with van der Waals surface area (Å²) >= 11 is 0. The molecule has 0 fully saturated rings. The first-order valence-electron chi connectivity index (χ1n) is 5.87. The molecule has 0 N–H and O–H groups in total. The van der Waals surface area contributed by atoms with Crippen molar-refractivity contribution in [3.8, 4) is 0 Å². The molecule has 4 nitrogen and oxygen atoms in total. The van der Waals surface area contributed by atoms with Gasteiger partial charge in [-0.3, -0.25) is 4.79 Å². The molecule has 1 unspecified atom stereocenters. The molecule has 0 aliphatic carbocycles. The van der Waals surface area contributed by atoms with Crippen LogP contribution in [0.2, 0.25) is 0 Å². The highest BCUT2D eigenvalue weighted by atomic mass is 16.6. The molecule has 0 aliphatic heterocycles. The van der Waals surface area contributed by atoms with E-state index in [-0.39, 0.29) is 12.5 Å². The molecule has 0 aliphatic rings. The molecule has 4 heteroatoms. The average Bonchev–Trinajstić information content (AvgIpc) is 2.25. The Morgan fingerprint density at radius 2 is 2.00 bits per heavy atom. The minimum Gasteiger partial charge on any atom is -0.460 e. The van der Waals surface area contributed by atoms with Crippen LogP contribution in [0, 0.1) is 0 Å². The first-order valence-corrected chi connectivity index (χ1v) is 5.87. The van der Waals surface area contributed by atoms with Crippen LogP contribution in [-0.2, 0) is 19.1 Å². The molecule has 1 atom stereocenters. The number of carbonyl (C=O) groups is 2. The Balaban J connectivity index is 4.30. The molecule has 0 saturated heterocycles. The van der Waals surface area contributed by atoms with E-state index >= 15 is 0 Å². The number of allylic oxidation sites excluding steroid dienone is 1. The van der Waals surface area contributed by atoms with Crippen LogP contribution in [0.1, 0.15) is 47.0 Å². The lowest BCUT2D eigenvalue weighted by atomic mass is 10.1. The molecule has 0 bridgehead atoms. The second-order valence-corrected chi connectivity index (χ2v) is 4.44. The van der Waals surface area contributed by atoms with E-state index in [2.05, 4.69) is 6.58 Å². The Labute approximate surface area is 103 Å². The molecule has 0 amide bonds. The maximum Gasteiger partial charge on any atom is 0.350 e. The maximum absolute atomic E-state index is 11.7. The van der Waals surface area contributed by atoms with Gasteiger partial charge >= 0.3 is 11.9 Å². The van der Waals surface area contributed by atoms with Crippen molar-refractivity contribution in [1.29, 1.82) is 0 Å². The fourth-order valence-corrected chi connectivity index (χ4v) is 1.01. The van der Waals surface area contributed by atoms with Gasteiger partial charge in [-0.05, 0) is 33.6 Å². The van der Waals surface area contributed by atoms with Crippen LogP contribution in [-0.4, -0.2) is 23.6 Å². The van der Waals surface area contributed by atoms with Gasteiger partial charge in [0.2, 0.25) is 5.60 Å². The molecule has 0 saturated carbocycles. The van der Waals surface area contributed by atoms with Gasteiger partial charge in [0.15, 0.2) is 0 Å². The summed E-state index contributed by atoms with van der Waals surface area (Å²) in [4.78, 5) is 23.1. The maximum atomic E-state index is 11.7. The second kappa shape index (κ2) is 7.09. The van der Waals surface area contributed by atoms with E-state index in [1.807, 2.05) is 6.92 Å². The van der Waals surface area contributed by atoms with Crippen molar-refractivity contribution >= 4 is 11.9 Å². The molecule has 0 aromatic rings. The van der Waals surface area contributed by atoms with Gasteiger partial charge in [-0.1, -0.05) is 13.0 Å². The lowest BCUT2D eigenvalue weighted by Gasteiger charge is -2.24. The van der Waals surface area contributed by atoms with Crippen molar-refractivity contribution in [2.24, 2.45) is 0 Å². The number of hydrogen-bond donors (Lipinski definition) is 0. The number of carbonyl (C=O) groups excluding carboxylic acids is 2. The molecule has 0 aromatic carbocycles. The minimum atomic E-state index is -1.23. The molecular formula is C13H22O4. The van der Waals surface area contributed by atoms with Crippen molar-refractivity contribution in [3.05, 3.63) is 12.7 Å². The quantitative estimate of drug-likeness (QED) is 0.508. The zero-order chi connectivity index (χ0) is 13.5. The summed E-state index contributed by atoms with van der Waals surface area (Å²) in [6, 6.07) is 0. The number of esters is 2. The van der Waals surface area contributed by atoms with Crippen molar-refractivity contribution in [1.82, 2.24) is 0 Å². The van der Waals surface area contributed by atoms with E-state index in [9.17, 15) is 9.59 Å². The standard InChI is InChI=1S/C13H22O4/c1-6-8-9-11(14)17-13(4,5)12(15)16-10(3)7-2/h6,10H,1,7-9H2,2-5H3. The Kier molecular flexibility index (Phi) is 6.54. The van der Waals surface area contributed by atoms with E-state index in [0.29, 0.717) is 6.42 Å². The largest absolute Gasteiger partial charge is 0.460 e. The fraction of sp³-hybridized carbons (Fsp3) is 0.692. The average molecular weight is 242 g/mol. The van der Waals surface area contributed by atoms with Crippen LogP contribution in [0.5, 0.6) is 0 Å². The first-order chi connectivity index (χ1) is 7.83. The SMILES string of the molecule is C=CCCC(=O)OC(C)(C)C(=O)OC(C)CC. The van der Waals surface area contributed by atoms with Crippen LogP contribution in [0.4, 0.5) is 0 Å². The smallest absolute Gasteiger partial charge is 0.350 e. The third-order valence-electron chi connectivity index (χ3n) is 2.30. The fourth-order valence-electron chi connectivity index (χ4n) is 1.01. The minimum absolute atomic E-state index is 0.173. The van der Waals surface area contributed by atoms with Crippen molar-refractivity contribution in [3.63, 3.8) is 0 Å².